The quantitative estimate of drug-likeness (QED) is 0.650. The lowest BCUT2D eigenvalue weighted by Gasteiger charge is -1.89. The van der Waals surface area contributed by atoms with Gasteiger partial charge in [-0.15, -0.1) is 0 Å². The number of carbonyl (C=O) groups is 1. The minimum Gasteiger partial charge on any atom is -0.466 e. The normalized spacial score (nSPS) is 7.14. The Morgan fingerprint density at radius 1 is 1.21 bits per heavy atom. The summed E-state index contributed by atoms with van der Waals surface area (Å²) in [6, 6.07) is 5.72. The molecule has 1 heterocycles. The van der Waals surface area contributed by atoms with E-state index in [0.29, 0.717) is 6.61 Å². The van der Waals surface area contributed by atoms with E-state index in [1.54, 1.807) is 19.3 Å². The molecule has 0 unspecified atom stereocenters. The van der Waals surface area contributed by atoms with Crippen molar-refractivity contribution in [1.29, 1.82) is 0 Å². The van der Waals surface area contributed by atoms with Crippen LogP contribution in [0.25, 0.3) is 0 Å². The molecule has 0 N–H and O–H groups in total. The van der Waals surface area contributed by atoms with Crippen molar-refractivity contribution in [2.75, 3.05) is 6.61 Å². The summed E-state index contributed by atoms with van der Waals surface area (Å²) < 4.78 is 4.40. The van der Waals surface area contributed by atoms with Gasteiger partial charge in [-0.05, 0) is 19.1 Å². The molecule has 14 heavy (non-hydrogen) atoms. The summed E-state index contributed by atoms with van der Waals surface area (Å²) in [5.41, 5.74) is 0. The number of aromatic nitrogens is 1. The van der Waals surface area contributed by atoms with E-state index in [4.69, 9.17) is 0 Å². The van der Waals surface area contributed by atoms with Gasteiger partial charge in [-0.3, -0.25) is 9.78 Å². The lowest BCUT2D eigenvalue weighted by molar-refractivity contribution is -0.140. The third-order valence-electron chi connectivity index (χ3n) is 0.914. The second kappa shape index (κ2) is 14.2. The monoisotopic (exact) mass is 197 g/mol. The zero-order valence-corrected chi connectivity index (χ0v) is 9.36. The van der Waals surface area contributed by atoms with Gasteiger partial charge in [-0.2, -0.15) is 0 Å². The number of ether oxygens (including phenoxy) is 1. The predicted molar refractivity (Wildman–Crippen MR) is 57.9 cm³/mol. The van der Waals surface area contributed by atoms with E-state index in [2.05, 4.69) is 9.72 Å². The first-order chi connectivity index (χ1) is 6.77. The largest absolute Gasteiger partial charge is 0.466 e. The molecule has 0 amide bonds. The minimum absolute atomic E-state index is 0.211. The van der Waals surface area contributed by atoms with E-state index < -0.39 is 0 Å². The Hall–Kier alpha value is -1.38. The second-order valence-corrected chi connectivity index (χ2v) is 1.95. The molecule has 80 valence electrons. The van der Waals surface area contributed by atoms with Gasteiger partial charge in [0.25, 0.3) is 0 Å². The van der Waals surface area contributed by atoms with Gasteiger partial charge in [0.05, 0.1) is 6.61 Å². The Bertz CT molecular complexity index is 173. The van der Waals surface area contributed by atoms with Crippen molar-refractivity contribution in [3.05, 3.63) is 30.6 Å². The Morgan fingerprint density at radius 2 is 1.71 bits per heavy atom. The molecule has 3 nitrogen and oxygen atoms in total. The molecule has 0 aliphatic rings. The molecule has 0 aromatic carbocycles. The maximum absolute atomic E-state index is 9.82. The fourth-order valence-electron chi connectivity index (χ4n) is 0.516. The summed E-state index contributed by atoms with van der Waals surface area (Å²) in [5.74, 6) is -0.211. The number of hydrogen-bond donors (Lipinski definition) is 0. The first-order valence-corrected chi connectivity index (χ1v) is 4.75. The van der Waals surface area contributed by atoms with Gasteiger partial charge in [0.1, 0.15) is 0 Å². The second-order valence-electron chi connectivity index (χ2n) is 1.95. The van der Waals surface area contributed by atoms with Crippen LogP contribution >= 0.6 is 0 Å². The summed E-state index contributed by atoms with van der Waals surface area (Å²) in [6.07, 6.45) is 3.50. The molecule has 0 aliphatic heterocycles. The van der Waals surface area contributed by atoms with Crippen LogP contribution in [0, 0.1) is 0 Å². The van der Waals surface area contributed by atoms with Gasteiger partial charge < -0.3 is 4.74 Å². The highest BCUT2D eigenvalue weighted by atomic mass is 16.5. The van der Waals surface area contributed by atoms with Gasteiger partial charge in [-0.25, -0.2) is 0 Å². The molecule has 0 saturated heterocycles. The smallest absolute Gasteiger partial charge is 0.302 e. The molecule has 0 atom stereocenters. The van der Waals surface area contributed by atoms with Crippen LogP contribution in [-0.2, 0) is 9.53 Å². The third kappa shape index (κ3) is 16.9. The summed E-state index contributed by atoms with van der Waals surface area (Å²) in [4.78, 5) is 13.6. The van der Waals surface area contributed by atoms with Crippen LogP contribution in [0.1, 0.15) is 27.7 Å². The molecule has 1 rings (SSSR count). The van der Waals surface area contributed by atoms with Crippen LogP contribution in [0.15, 0.2) is 30.6 Å². The van der Waals surface area contributed by atoms with Crippen LogP contribution in [0.5, 0.6) is 0 Å². The number of hydrogen-bond acceptors (Lipinski definition) is 3. The van der Waals surface area contributed by atoms with Crippen molar-refractivity contribution < 1.29 is 9.53 Å². The maximum atomic E-state index is 9.82. The molecule has 1 aromatic heterocycles. The molecule has 0 bridgehead atoms. The molecular weight excluding hydrogens is 178 g/mol. The Morgan fingerprint density at radius 3 is 1.79 bits per heavy atom. The van der Waals surface area contributed by atoms with Crippen LogP contribution in [-0.4, -0.2) is 17.6 Å². The summed E-state index contributed by atoms with van der Waals surface area (Å²) in [7, 11) is 0. The Kier molecular flexibility index (Phi) is 15.3. The zero-order chi connectivity index (χ0) is 11.2. The van der Waals surface area contributed by atoms with E-state index in [1.807, 2.05) is 32.0 Å². The van der Waals surface area contributed by atoms with Crippen LogP contribution in [0.4, 0.5) is 0 Å². The number of carbonyl (C=O) groups excluding carboxylic acids is 1. The average molecular weight is 197 g/mol. The van der Waals surface area contributed by atoms with E-state index in [1.165, 1.54) is 6.92 Å². The fraction of sp³-hybridized carbons (Fsp3) is 0.455. The Balaban J connectivity index is 0. The highest BCUT2D eigenvalue weighted by Gasteiger charge is 1.81. The van der Waals surface area contributed by atoms with Crippen LogP contribution in [0.2, 0.25) is 0 Å². The molecular formula is C11H19NO2. The number of esters is 1. The molecule has 0 radical (unpaired) electrons. The van der Waals surface area contributed by atoms with Crippen molar-refractivity contribution in [3.63, 3.8) is 0 Å². The zero-order valence-electron chi connectivity index (χ0n) is 9.36. The first kappa shape index (κ1) is 15.1. The first-order valence-electron chi connectivity index (χ1n) is 4.75. The maximum Gasteiger partial charge on any atom is 0.302 e. The molecule has 0 saturated carbocycles. The van der Waals surface area contributed by atoms with E-state index in [9.17, 15) is 4.79 Å². The standard InChI is InChI=1S/C5H5N.C4H8O2.C2H6/c1-2-4-6-5-3-1;1-3-6-4(2)5;1-2/h1-5H;3H2,1-2H3;1-2H3. The molecule has 0 spiro atoms. The van der Waals surface area contributed by atoms with Gasteiger partial charge >= 0.3 is 5.97 Å². The fourth-order valence-corrected chi connectivity index (χ4v) is 0.516. The van der Waals surface area contributed by atoms with Crippen LogP contribution in [0.3, 0.4) is 0 Å². The third-order valence-corrected chi connectivity index (χ3v) is 0.914. The lowest BCUT2D eigenvalue weighted by Crippen LogP contribution is -1.95. The molecule has 1 aromatic rings. The summed E-state index contributed by atoms with van der Waals surface area (Å²) >= 11 is 0. The number of nitrogens with zero attached hydrogens (tertiary/aromatic N) is 1. The number of pyridine rings is 1. The van der Waals surface area contributed by atoms with Crippen molar-refractivity contribution in [2.45, 2.75) is 27.7 Å². The van der Waals surface area contributed by atoms with Crippen molar-refractivity contribution in [1.82, 2.24) is 4.98 Å². The molecule has 3 heteroatoms. The lowest BCUT2D eigenvalue weighted by atomic mass is 10.5. The van der Waals surface area contributed by atoms with Crippen molar-refractivity contribution in [3.8, 4) is 0 Å². The topological polar surface area (TPSA) is 39.2 Å². The van der Waals surface area contributed by atoms with Crippen LogP contribution < -0.4 is 0 Å². The number of rotatable bonds is 1. The van der Waals surface area contributed by atoms with E-state index in [0.717, 1.165) is 0 Å². The molecule has 0 aliphatic carbocycles. The SMILES string of the molecule is CC.CCOC(C)=O.c1ccncc1. The van der Waals surface area contributed by atoms with Gasteiger partial charge in [-0.1, -0.05) is 19.9 Å². The average Bonchev–Trinajstić information content (AvgIpc) is 2.24. The summed E-state index contributed by atoms with van der Waals surface area (Å²) in [5, 5.41) is 0. The van der Waals surface area contributed by atoms with Gasteiger partial charge in [0, 0.05) is 19.3 Å². The molecule has 0 fully saturated rings. The van der Waals surface area contributed by atoms with E-state index >= 15 is 0 Å². The Labute approximate surface area is 86.1 Å². The van der Waals surface area contributed by atoms with Gasteiger partial charge in [0.15, 0.2) is 0 Å². The van der Waals surface area contributed by atoms with Crippen molar-refractivity contribution >= 4 is 5.97 Å². The van der Waals surface area contributed by atoms with Gasteiger partial charge in [0.2, 0.25) is 0 Å². The highest BCUT2D eigenvalue weighted by Crippen LogP contribution is 1.73. The van der Waals surface area contributed by atoms with E-state index in [-0.39, 0.29) is 5.97 Å². The van der Waals surface area contributed by atoms with Crippen molar-refractivity contribution in [2.24, 2.45) is 0 Å². The predicted octanol–water partition coefficient (Wildman–Crippen LogP) is 2.68. The minimum atomic E-state index is -0.211. The highest BCUT2D eigenvalue weighted by molar-refractivity contribution is 5.65. The summed E-state index contributed by atoms with van der Waals surface area (Å²) in [6.45, 7) is 7.65.